The van der Waals surface area contributed by atoms with Gasteiger partial charge < -0.3 is 4.74 Å². The third-order valence-corrected chi connectivity index (χ3v) is 6.75. The van der Waals surface area contributed by atoms with Crippen molar-refractivity contribution in [3.8, 4) is 28.7 Å². The van der Waals surface area contributed by atoms with Crippen molar-refractivity contribution >= 4 is 20.7 Å². The minimum atomic E-state index is -4.53. The van der Waals surface area contributed by atoms with Crippen LogP contribution in [0.25, 0.3) is 22.0 Å². The predicted octanol–water partition coefficient (Wildman–Crippen LogP) is 6.32. The van der Waals surface area contributed by atoms with E-state index in [4.69, 9.17) is 10.00 Å². The average Bonchev–Trinajstić information content (AvgIpc) is 2.79. The molecule has 1 aromatic heterocycles. The summed E-state index contributed by atoms with van der Waals surface area (Å²) in [7, 11) is -3.69. The Morgan fingerprint density at radius 3 is 2.35 bits per heavy atom. The highest BCUT2D eigenvalue weighted by Gasteiger charge is 2.33. The van der Waals surface area contributed by atoms with Gasteiger partial charge in [-0.1, -0.05) is 18.2 Å². The first-order valence-corrected chi connectivity index (χ1v) is 11.7. The maximum absolute atomic E-state index is 13.5. The molecule has 3 aromatic carbocycles. The molecule has 172 valence electrons. The van der Waals surface area contributed by atoms with Crippen molar-refractivity contribution in [2.45, 2.75) is 18.0 Å². The van der Waals surface area contributed by atoms with Gasteiger partial charge in [-0.05, 0) is 72.1 Å². The first-order valence-electron chi connectivity index (χ1n) is 10.0. The summed E-state index contributed by atoms with van der Waals surface area (Å²) in [5.74, 6) is 0.166. The molecule has 0 spiro atoms. The Hall–Kier alpha value is -3.90. The molecule has 0 saturated carbocycles. The number of nitrogens with zero attached hydrogens (tertiary/aromatic N) is 2. The fraction of sp³-hybridized carbons (Fsp3) is 0.120. The zero-order valence-electron chi connectivity index (χ0n) is 17.8. The zero-order chi connectivity index (χ0) is 24.5. The van der Waals surface area contributed by atoms with E-state index in [9.17, 15) is 21.6 Å². The van der Waals surface area contributed by atoms with E-state index in [0.717, 1.165) is 11.6 Å². The number of halogens is 3. The van der Waals surface area contributed by atoms with Crippen LogP contribution in [-0.2, 0) is 16.0 Å². The monoisotopic (exact) mass is 482 g/mol. The van der Waals surface area contributed by atoms with Crippen LogP contribution in [-0.4, -0.2) is 19.2 Å². The Kier molecular flexibility index (Phi) is 6.02. The summed E-state index contributed by atoms with van der Waals surface area (Å²) in [4.78, 5) is 3.98. The molecule has 0 N–H and O–H groups in total. The van der Waals surface area contributed by atoms with Crippen LogP contribution in [0, 0.1) is 18.3 Å². The number of hydrogen-bond acceptors (Lipinski definition) is 5. The Balaban J connectivity index is 1.72. The molecule has 0 aliphatic carbocycles. The molecule has 5 nitrogen and oxygen atoms in total. The second-order valence-electron chi connectivity index (χ2n) is 7.53. The van der Waals surface area contributed by atoms with E-state index in [1.807, 2.05) is 6.92 Å². The van der Waals surface area contributed by atoms with Crippen LogP contribution < -0.4 is 4.74 Å². The fourth-order valence-electron chi connectivity index (χ4n) is 3.61. The highest BCUT2D eigenvalue weighted by atomic mass is 32.2. The Labute approximate surface area is 194 Å². The summed E-state index contributed by atoms with van der Waals surface area (Å²) >= 11 is 0. The molecule has 0 atom stereocenters. The Morgan fingerprint density at radius 2 is 1.68 bits per heavy atom. The maximum atomic E-state index is 13.5. The van der Waals surface area contributed by atoms with Crippen molar-refractivity contribution < 1.29 is 26.3 Å². The number of aromatic nitrogens is 1. The van der Waals surface area contributed by atoms with Crippen molar-refractivity contribution in [3.05, 3.63) is 84.1 Å². The zero-order valence-corrected chi connectivity index (χ0v) is 18.6. The lowest BCUT2D eigenvalue weighted by Gasteiger charge is -2.15. The van der Waals surface area contributed by atoms with Gasteiger partial charge in [0.15, 0.2) is 9.84 Å². The molecule has 0 bridgehead atoms. The number of pyridine rings is 1. The van der Waals surface area contributed by atoms with Crippen LogP contribution in [0.2, 0.25) is 0 Å². The topological polar surface area (TPSA) is 80.0 Å². The number of sulfone groups is 1. The molecule has 0 amide bonds. The predicted molar refractivity (Wildman–Crippen MR) is 121 cm³/mol. The van der Waals surface area contributed by atoms with E-state index in [1.165, 1.54) is 36.5 Å². The Bertz CT molecular complexity index is 1520. The van der Waals surface area contributed by atoms with E-state index in [-0.39, 0.29) is 10.4 Å². The van der Waals surface area contributed by atoms with Crippen LogP contribution in [0.1, 0.15) is 11.1 Å². The van der Waals surface area contributed by atoms with Crippen molar-refractivity contribution in [1.29, 1.82) is 5.26 Å². The summed E-state index contributed by atoms with van der Waals surface area (Å²) in [5.41, 5.74) is 1.15. The smallest absolute Gasteiger partial charge is 0.418 e. The van der Waals surface area contributed by atoms with Gasteiger partial charge in [0.05, 0.1) is 22.0 Å². The van der Waals surface area contributed by atoms with Gasteiger partial charge in [0, 0.05) is 11.6 Å². The highest BCUT2D eigenvalue weighted by molar-refractivity contribution is 7.91. The molecule has 0 fully saturated rings. The largest absolute Gasteiger partial charge is 0.457 e. The molecule has 4 aromatic rings. The molecule has 0 saturated heterocycles. The van der Waals surface area contributed by atoms with E-state index >= 15 is 0 Å². The van der Waals surface area contributed by atoms with Gasteiger partial charge in [0.25, 0.3) is 0 Å². The van der Waals surface area contributed by atoms with Crippen molar-refractivity contribution in [1.82, 2.24) is 4.98 Å². The third kappa shape index (κ3) is 4.58. The van der Waals surface area contributed by atoms with Crippen LogP contribution in [0.15, 0.2) is 77.8 Å². The number of ether oxygens (including phenoxy) is 1. The van der Waals surface area contributed by atoms with Gasteiger partial charge in [-0.15, -0.1) is 0 Å². The molecule has 0 unspecified atom stereocenters. The molecule has 9 heteroatoms. The fourth-order valence-corrected chi connectivity index (χ4v) is 4.50. The molecule has 34 heavy (non-hydrogen) atoms. The first kappa shape index (κ1) is 23.3. The molecular formula is C25H17F3N2O3S. The van der Waals surface area contributed by atoms with Gasteiger partial charge in [-0.2, -0.15) is 18.4 Å². The lowest BCUT2D eigenvalue weighted by molar-refractivity contribution is -0.136. The number of rotatable bonds is 5. The number of benzene rings is 3. The molecule has 0 aliphatic heterocycles. The molecule has 4 rings (SSSR count). The lowest BCUT2D eigenvalue weighted by atomic mass is 9.96. The second kappa shape index (κ2) is 8.80. The van der Waals surface area contributed by atoms with Crippen LogP contribution in [0.4, 0.5) is 13.2 Å². The average molecular weight is 482 g/mol. The van der Waals surface area contributed by atoms with Crippen LogP contribution in [0.3, 0.4) is 0 Å². The first-order chi connectivity index (χ1) is 16.1. The molecule has 1 heterocycles. The normalized spacial score (nSPS) is 11.9. The van der Waals surface area contributed by atoms with Crippen molar-refractivity contribution in [2.24, 2.45) is 0 Å². The van der Waals surface area contributed by atoms with E-state index in [2.05, 4.69) is 4.98 Å². The number of hydrogen-bond donors (Lipinski definition) is 0. The summed E-state index contributed by atoms with van der Waals surface area (Å²) in [6.45, 7) is 1.84. The number of nitriles is 1. The number of para-hydroxylation sites is 1. The summed E-state index contributed by atoms with van der Waals surface area (Å²) in [5, 5.41) is 9.03. The van der Waals surface area contributed by atoms with Crippen molar-refractivity contribution in [2.75, 3.05) is 5.75 Å². The number of aryl methyl sites for hydroxylation is 1. The van der Waals surface area contributed by atoms with E-state index in [1.54, 1.807) is 36.4 Å². The van der Waals surface area contributed by atoms with Gasteiger partial charge in [-0.3, -0.25) is 4.98 Å². The van der Waals surface area contributed by atoms with Gasteiger partial charge in [0.2, 0.25) is 0 Å². The van der Waals surface area contributed by atoms with Crippen LogP contribution in [0.5, 0.6) is 11.5 Å². The van der Waals surface area contributed by atoms with Gasteiger partial charge >= 0.3 is 6.18 Å². The minimum Gasteiger partial charge on any atom is -0.457 e. The van der Waals surface area contributed by atoms with Crippen molar-refractivity contribution in [3.63, 3.8) is 0 Å². The third-order valence-electron chi connectivity index (χ3n) is 5.25. The number of alkyl halides is 3. The maximum Gasteiger partial charge on any atom is 0.418 e. The standard InChI is InChI=1S/C25H17F3N2O3S/c1-16-5-6-18(33-17-7-9-19(10-8-17)34(31,32)14-12-29)15-22(16)20-11-13-30-24-21(20)3-2-4-23(24)25(26,27)28/h2-11,13,15H,14H2,1H3. The summed E-state index contributed by atoms with van der Waals surface area (Å²) < 4.78 is 70.3. The lowest BCUT2D eigenvalue weighted by Crippen LogP contribution is -2.06. The van der Waals surface area contributed by atoms with Crippen LogP contribution >= 0.6 is 0 Å². The van der Waals surface area contributed by atoms with Gasteiger partial charge in [-0.25, -0.2) is 8.42 Å². The summed E-state index contributed by atoms with van der Waals surface area (Å²) in [6, 6.07) is 18.1. The SMILES string of the molecule is Cc1ccc(Oc2ccc(S(=O)(=O)CC#N)cc2)cc1-c1ccnc2c(C(F)(F)F)cccc12. The molecule has 0 aliphatic rings. The molecule has 0 radical (unpaired) electrons. The van der Waals surface area contributed by atoms with E-state index < -0.39 is 27.3 Å². The van der Waals surface area contributed by atoms with E-state index in [0.29, 0.717) is 28.0 Å². The number of fused-ring (bicyclic) bond motifs is 1. The second-order valence-corrected chi connectivity index (χ2v) is 9.51. The quantitative estimate of drug-likeness (QED) is 0.333. The summed E-state index contributed by atoms with van der Waals surface area (Å²) in [6.07, 6.45) is -3.18. The highest BCUT2D eigenvalue weighted by Crippen LogP contribution is 2.38. The Morgan fingerprint density at radius 1 is 0.971 bits per heavy atom. The molecular weight excluding hydrogens is 465 g/mol. The van der Waals surface area contributed by atoms with Gasteiger partial charge in [0.1, 0.15) is 17.3 Å². The minimum absolute atomic E-state index is 0.00900.